The van der Waals surface area contributed by atoms with Gasteiger partial charge in [-0.15, -0.1) is 0 Å². The quantitative estimate of drug-likeness (QED) is 0.692. The summed E-state index contributed by atoms with van der Waals surface area (Å²) >= 11 is 0. The summed E-state index contributed by atoms with van der Waals surface area (Å²) < 4.78 is 7.62. The molecule has 0 fully saturated rings. The number of nitrogens with zero attached hydrogens (tertiary/aromatic N) is 2. The van der Waals surface area contributed by atoms with E-state index >= 15 is 0 Å². The van der Waals surface area contributed by atoms with E-state index in [1.165, 1.54) is 0 Å². The highest BCUT2D eigenvalue weighted by Crippen LogP contribution is 2.21. The van der Waals surface area contributed by atoms with E-state index in [0.29, 0.717) is 12.2 Å². The molecule has 0 radical (unpaired) electrons. The molecule has 0 atom stereocenters. The first-order chi connectivity index (χ1) is 13.0. The number of benzene rings is 1. The fraction of sp³-hybridized carbons (Fsp3) is 0.273. The highest BCUT2D eigenvalue weighted by atomic mass is 16.5. The van der Waals surface area contributed by atoms with Crippen LogP contribution in [0.2, 0.25) is 0 Å². The van der Waals surface area contributed by atoms with E-state index in [9.17, 15) is 4.79 Å². The first-order valence-corrected chi connectivity index (χ1v) is 9.08. The van der Waals surface area contributed by atoms with Crippen LogP contribution >= 0.6 is 0 Å². The number of carbonyl (C=O) groups is 1. The molecule has 1 N–H and O–H groups in total. The highest BCUT2D eigenvalue weighted by Gasteiger charge is 2.17. The molecule has 3 rings (SSSR count). The Morgan fingerprint density at radius 3 is 2.67 bits per heavy atom. The van der Waals surface area contributed by atoms with Crippen molar-refractivity contribution < 1.29 is 9.53 Å². The van der Waals surface area contributed by atoms with Crippen LogP contribution in [0.4, 0.5) is 5.69 Å². The van der Waals surface area contributed by atoms with Gasteiger partial charge < -0.3 is 14.6 Å². The molecule has 0 spiro atoms. The van der Waals surface area contributed by atoms with Crippen molar-refractivity contribution in [1.82, 2.24) is 9.55 Å². The number of amides is 1. The molecule has 2 aromatic heterocycles. The van der Waals surface area contributed by atoms with Crippen LogP contribution < -0.4 is 5.32 Å². The Balaban J connectivity index is 1.80. The number of nitrogens with one attached hydrogen (secondary N) is 1. The standard InChI is InChI=1S/C22H25N3O2/c1-15(2)27-14-18-8-7-9-19(13-18)24-22(26)20-12-16(3)25(17(20)4)21-10-5-6-11-23-21/h5-13,15H,14H2,1-4H3,(H,24,26). The zero-order valence-electron chi connectivity index (χ0n) is 16.2. The van der Waals surface area contributed by atoms with Crippen molar-refractivity contribution in [2.45, 2.75) is 40.4 Å². The van der Waals surface area contributed by atoms with E-state index in [-0.39, 0.29) is 12.0 Å². The number of aryl methyl sites for hydroxylation is 1. The van der Waals surface area contributed by atoms with Gasteiger partial charge in [0.25, 0.3) is 5.91 Å². The molecule has 2 heterocycles. The van der Waals surface area contributed by atoms with Crippen molar-refractivity contribution in [2.24, 2.45) is 0 Å². The molecule has 0 bridgehead atoms. The van der Waals surface area contributed by atoms with Gasteiger partial charge in [-0.25, -0.2) is 4.98 Å². The predicted octanol–water partition coefficient (Wildman–Crippen LogP) is 4.67. The maximum atomic E-state index is 12.8. The summed E-state index contributed by atoms with van der Waals surface area (Å²) in [6.45, 7) is 8.44. The van der Waals surface area contributed by atoms with Crippen LogP contribution in [0.15, 0.2) is 54.7 Å². The molecule has 0 saturated heterocycles. The summed E-state index contributed by atoms with van der Waals surface area (Å²) in [5.74, 6) is 0.673. The molecule has 0 aliphatic heterocycles. The van der Waals surface area contributed by atoms with Crippen molar-refractivity contribution in [3.63, 3.8) is 0 Å². The second-order valence-electron chi connectivity index (χ2n) is 6.82. The topological polar surface area (TPSA) is 56.1 Å². The molecule has 140 valence electrons. The van der Waals surface area contributed by atoms with E-state index in [1.807, 2.05) is 80.8 Å². The Kier molecular flexibility index (Phi) is 5.72. The van der Waals surface area contributed by atoms with Crippen LogP contribution in [-0.2, 0) is 11.3 Å². The lowest BCUT2D eigenvalue weighted by Crippen LogP contribution is -2.13. The summed E-state index contributed by atoms with van der Waals surface area (Å²) in [5, 5.41) is 2.99. The first-order valence-electron chi connectivity index (χ1n) is 9.08. The molecule has 1 amide bonds. The number of pyridine rings is 1. The van der Waals surface area contributed by atoms with Crippen molar-refractivity contribution in [3.05, 3.63) is 77.2 Å². The zero-order chi connectivity index (χ0) is 19.4. The molecule has 3 aromatic rings. The third kappa shape index (κ3) is 4.44. The van der Waals surface area contributed by atoms with Gasteiger partial charge in [0, 0.05) is 23.3 Å². The van der Waals surface area contributed by atoms with Crippen LogP contribution in [0.1, 0.15) is 41.2 Å². The number of rotatable bonds is 6. The van der Waals surface area contributed by atoms with Gasteiger partial charge in [0.15, 0.2) is 0 Å². The number of hydrogen-bond acceptors (Lipinski definition) is 3. The van der Waals surface area contributed by atoms with Crippen LogP contribution in [0, 0.1) is 13.8 Å². The second kappa shape index (κ2) is 8.18. The van der Waals surface area contributed by atoms with Gasteiger partial charge in [0.05, 0.1) is 18.3 Å². The van der Waals surface area contributed by atoms with E-state index < -0.39 is 0 Å². The lowest BCUT2D eigenvalue weighted by molar-refractivity contribution is 0.0657. The van der Waals surface area contributed by atoms with Gasteiger partial charge in [0.1, 0.15) is 5.82 Å². The van der Waals surface area contributed by atoms with Crippen molar-refractivity contribution in [1.29, 1.82) is 0 Å². The Morgan fingerprint density at radius 2 is 1.96 bits per heavy atom. The van der Waals surface area contributed by atoms with Crippen LogP contribution in [0.5, 0.6) is 0 Å². The summed E-state index contributed by atoms with van der Waals surface area (Å²) in [6, 6.07) is 15.4. The van der Waals surface area contributed by atoms with E-state index in [2.05, 4.69) is 10.3 Å². The van der Waals surface area contributed by atoms with Gasteiger partial charge in [-0.05, 0) is 63.6 Å². The van der Waals surface area contributed by atoms with Crippen molar-refractivity contribution in [3.8, 4) is 5.82 Å². The number of aromatic nitrogens is 2. The van der Waals surface area contributed by atoms with Crippen LogP contribution in [0.25, 0.3) is 5.82 Å². The van der Waals surface area contributed by atoms with Gasteiger partial charge in [-0.2, -0.15) is 0 Å². The second-order valence-corrected chi connectivity index (χ2v) is 6.82. The Hall–Kier alpha value is -2.92. The fourth-order valence-electron chi connectivity index (χ4n) is 3.03. The van der Waals surface area contributed by atoms with Crippen LogP contribution in [-0.4, -0.2) is 21.6 Å². The number of carbonyl (C=O) groups excluding carboxylic acids is 1. The minimum atomic E-state index is -0.132. The summed E-state index contributed by atoms with van der Waals surface area (Å²) in [7, 11) is 0. The van der Waals surface area contributed by atoms with Crippen molar-refractivity contribution >= 4 is 11.6 Å². The monoisotopic (exact) mass is 363 g/mol. The van der Waals surface area contributed by atoms with Gasteiger partial charge in [-0.3, -0.25) is 4.79 Å². The molecular formula is C22H25N3O2. The molecule has 5 nitrogen and oxygen atoms in total. The third-order valence-electron chi connectivity index (χ3n) is 4.32. The SMILES string of the molecule is Cc1cc(C(=O)Nc2cccc(COC(C)C)c2)c(C)n1-c1ccccn1. The maximum Gasteiger partial charge on any atom is 0.257 e. The minimum absolute atomic E-state index is 0.132. The maximum absolute atomic E-state index is 12.8. The van der Waals surface area contributed by atoms with Gasteiger partial charge >= 0.3 is 0 Å². The molecule has 0 aliphatic rings. The van der Waals surface area contributed by atoms with Crippen molar-refractivity contribution in [2.75, 3.05) is 5.32 Å². The predicted molar refractivity (Wildman–Crippen MR) is 107 cm³/mol. The smallest absolute Gasteiger partial charge is 0.257 e. The minimum Gasteiger partial charge on any atom is -0.374 e. The average Bonchev–Trinajstić information content (AvgIpc) is 2.95. The first kappa shape index (κ1) is 18.9. The Morgan fingerprint density at radius 1 is 1.15 bits per heavy atom. The largest absolute Gasteiger partial charge is 0.374 e. The molecule has 1 aromatic carbocycles. The fourth-order valence-corrected chi connectivity index (χ4v) is 3.03. The summed E-state index contributed by atoms with van der Waals surface area (Å²) in [4.78, 5) is 17.2. The Labute approximate surface area is 160 Å². The number of ether oxygens (including phenoxy) is 1. The lowest BCUT2D eigenvalue weighted by atomic mass is 10.2. The summed E-state index contributed by atoms with van der Waals surface area (Å²) in [5.41, 5.74) is 4.26. The molecule has 0 unspecified atom stereocenters. The molecule has 27 heavy (non-hydrogen) atoms. The number of hydrogen-bond donors (Lipinski definition) is 1. The van der Waals surface area contributed by atoms with Gasteiger partial charge in [-0.1, -0.05) is 18.2 Å². The van der Waals surface area contributed by atoms with E-state index in [0.717, 1.165) is 28.5 Å². The normalized spacial score (nSPS) is 11.0. The average molecular weight is 363 g/mol. The molecule has 5 heteroatoms. The third-order valence-corrected chi connectivity index (χ3v) is 4.32. The van der Waals surface area contributed by atoms with E-state index in [4.69, 9.17) is 4.74 Å². The highest BCUT2D eigenvalue weighted by molar-refractivity contribution is 6.05. The Bertz CT molecular complexity index is 930. The van der Waals surface area contributed by atoms with Gasteiger partial charge in [0.2, 0.25) is 0 Å². The molecule has 0 saturated carbocycles. The number of anilines is 1. The summed E-state index contributed by atoms with van der Waals surface area (Å²) in [6.07, 6.45) is 1.92. The molecule has 0 aliphatic carbocycles. The van der Waals surface area contributed by atoms with Crippen LogP contribution in [0.3, 0.4) is 0 Å². The van der Waals surface area contributed by atoms with E-state index in [1.54, 1.807) is 6.20 Å². The lowest BCUT2D eigenvalue weighted by Gasteiger charge is -2.11. The molecular weight excluding hydrogens is 338 g/mol. The zero-order valence-corrected chi connectivity index (χ0v) is 16.2.